The first kappa shape index (κ1) is 19.1. The lowest BCUT2D eigenvalue weighted by atomic mass is 9.80. The van der Waals surface area contributed by atoms with Crippen LogP contribution in [0.2, 0.25) is 0 Å². The second kappa shape index (κ2) is 7.18. The van der Waals surface area contributed by atoms with Crippen LogP contribution in [0.1, 0.15) is 52.4 Å². The van der Waals surface area contributed by atoms with E-state index in [1.807, 2.05) is 13.8 Å². The van der Waals surface area contributed by atoms with E-state index in [4.69, 9.17) is 4.74 Å². The van der Waals surface area contributed by atoms with Crippen molar-refractivity contribution in [3.63, 3.8) is 0 Å². The number of halogens is 1. The second-order valence-corrected chi connectivity index (χ2v) is 8.79. The maximum absolute atomic E-state index is 12.7. The Bertz CT molecular complexity index is 778. The molecule has 0 aromatic carbocycles. The number of aryl methyl sites for hydroxylation is 1. The molecule has 2 fully saturated rings. The summed E-state index contributed by atoms with van der Waals surface area (Å²) in [6.45, 7) is 3.83. The van der Waals surface area contributed by atoms with Crippen LogP contribution in [0, 0.1) is 5.41 Å². The number of aromatic nitrogens is 1. The van der Waals surface area contributed by atoms with Crippen molar-refractivity contribution in [3.05, 3.63) is 27.1 Å². The number of carbonyl (C=O) groups is 2. The molecular weight excluding hydrogens is 400 g/mol. The van der Waals surface area contributed by atoms with Crippen LogP contribution in [0.3, 0.4) is 0 Å². The van der Waals surface area contributed by atoms with Gasteiger partial charge in [-0.05, 0) is 48.0 Å². The van der Waals surface area contributed by atoms with Gasteiger partial charge in [-0.15, -0.1) is 0 Å². The fourth-order valence-electron chi connectivity index (χ4n) is 3.73. The van der Waals surface area contributed by atoms with Crippen LogP contribution < -0.4 is 10.3 Å². The summed E-state index contributed by atoms with van der Waals surface area (Å²) in [5, 5.41) is 0. The molecule has 2 aliphatic rings. The Hall–Kier alpha value is -1.63. The van der Waals surface area contributed by atoms with Crippen LogP contribution in [0.4, 0.5) is 0 Å². The van der Waals surface area contributed by atoms with Gasteiger partial charge in [-0.3, -0.25) is 19.3 Å². The molecule has 0 spiro atoms. The van der Waals surface area contributed by atoms with E-state index in [2.05, 4.69) is 15.9 Å². The normalized spacial score (nSPS) is 26.1. The summed E-state index contributed by atoms with van der Waals surface area (Å²) < 4.78 is 8.23. The van der Waals surface area contributed by atoms with Crippen molar-refractivity contribution >= 4 is 27.7 Å². The molecule has 1 aromatic rings. The first-order valence-electron chi connectivity index (χ1n) is 9.08. The molecule has 7 heteroatoms. The molecule has 2 amide bonds. The Kier molecular flexibility index (Phi) is 5.28. The number of rotatable bonds is 3. The second-order valence-electron chi connectivity index (χ2n) is 7.94. The van der Waals surface area contributed by atoms with E-state index >= 15 is 0 Å². The molecule has 0 bridgehead atoms. The number of ether oxygens (including phenoxy) is 1. The van der Waals surface area contributed by atoms with Gasteiger partial charge < -0.3 is 9.30 Å². The number of likely N-dealkylation sites (tertiary alicyclic amines) is 1. The van der Waals surface area contributed by atoms with Crippen molar-refractivity contribution in [1.82, 2.24) is 9.47 Å². The zero-order valence-corrected chi connectivity index (χ0v) is 17.0. The van der Waals surface area contributed by atoms with E-state index in [9.17, 15) is 14.4 Å². The standard InChI is InChI=1S/C19H25BrN2O4/c1-19(2)9-8-16(23)22(18(19)25)12-4-6-13(7-5-12)26-15-10-17(24)21(3)11-14(15)20/h10-13H,4-9H2,1-3H3. The predicted octanol–water partition coefficient (Wildman–Crippen LogP) is 3.01. The summed E-state index contributed by atoms with van der Waals surface area (Å²) in [5.74, 6) is 0.447. The van der Waals surface area contributed by atoms with Gasteiger partial charge in [-0.25, -0.2) is 0 Å². The topological polar surface area (TPSA) is 68.6 Å². The van der Waals surface area contributed by atoms with Crippen molar-refractivity contribution in [1.29, 1.82) is 0 Å². The number of hydrogen-bond acceptors (Lipinski definition) is 4. The first-order chi connectivity index (χ1) is 12.2. The summed E-state index contributed by atoms with van der Waals surface area (Å²) >= 11 is 3.43. The highest BCUT2D eigenvalue weighted by molar-refractivity contribution is 9.10. The van der Waals surface area contributed by atoms with Crippen molar-refractivity contribution in [2.75, 3.05) is 0 Å². The largest absolute Gasteiger partial charge is 0.489 e. The Balaban J connectivity index is 1.64. The zero-order valence-electron chi connectivity index (χ0n) is 15.5. The fraction of sp³-hybridized carbons (Fsp3) is 0.632. The van der Waals surface area contributed by atoms with Crippen molar-refractivity contribution in [2.45, 2.75) is 64.5 Å². The van der Waals surface area contributed by atoms with Gasteiger partial charge in [0, 0.05) is 37.2 Å². The third-order valence-corrected chi connectivity index (χ3v) is 6.07. The van der Waals surface area contributed by atoms with Crippen molar-refractivity contribution < 1.29 is 14.3 Å². The Morgan fingerprint density at radius 3 is 2.46 bits per heavy atom. The molecule has 142 valence electrons. The van der Waals surface area contributed by atoms with E-state index in [0.717, 1.165) is 30.2 Å². The van der Waals surface area contributed by atoms with Gasteiger partial charge in [0.25, 0.3) is 5.56 Å². The smallest absolute Gasteiger partial charge is 0.254 e. The highest BCUT2D eigenvalue weighted by atomic mass is 79.9. The van der Waals surface area contributed by atoms with Crippen LogP contribution in [-0.4, -0.2) is 33.4 Å². The Morgan fingerprint density at radius 1 is 1.15 bits per heavy atom. The number of hydrogen-bond donors (Lipinski definition) is 0. The quantitative estimate of drug-likeness (QED) is 0.699. The summed E-state index contributed by atoms with van der Waals surface area (Å²) in [6, 6.07) is 1.44. The maximum atomic E-state index is 12.7. The molecule has 0 N–H and O–H groups in total. The predicted molar refractivity (Wildman–Crippen MR) is 101 cm³/mol. The first-order valence-corrected chi connectivity index (χ1v) is 9.87. The molecule has 0 unspecified atom stereocenters. The van der Waals surface area contributed by atoms with Crippen LogP contribution >= 0.6 is 15.9 Å². The summed E-state index contributed by atoms with van der Waals surface area (Å²) in [5.41, 5.74) is -0.584. The minimum Gasteiger partial charge on any atom is -0.489 e. The SMILES string of the molecule is Cn1cc(Br)c(OC2CCC(N3C(=O)CCC(C)(C)C3=O)CC2)cc1=O. The van der Waals surface area contributed by atoms with Gasteiger partial charge in [0.05, 0.1) is 10.6 Å². The van der Waals surface area contributed by atoms with Gasteiger partial charge in [0.1, 0.15) is 5.75 Å². The van der Waals surface area contributed by atoms with Gasteiger partial charge in [-0.2, -0.15) is 0 Å². The number of piperidine rings is 1. The van der Waals surface area contributed by atoms with Gasteiger partial charge in [0.2, 0.25) is 11.8 Å². The number of carbonyl (C=O) groups excluding carboxylic acids is 2. The molecule has 1 aliphatic carbocycles. The van der Waals surface area contributed by atoms with Crippen LogP contribution in [0.5, 0.6) is 5.75 Å². The molecule has 1 aromatic heterocycles. The number of nitrogens with zero attached hydrogens (tertiary/aromatic N) is 2. The molecule has 0 radical (unpaired) electrons. The number of imide groups is 1. The summed E-state index contributed by atoms with van der Waals surface area (Å²) in [7, 11) is 1.69. The van der Waals surface area contributed by atoms with Crippen LogP contribution in [0.15, 0.2) is 21.5 Å². The van der Waals surface area contributed by atoms with E-state index in [1.54, 1.807) is 13.2 Å². The van der Waals surface area contributed by atoms with Crippen LogP contribution in [0.25, 0.3) is 0 Å². The average molecular weight is 425 g/mol. The molecule has 2 heterocycles. The summed E-state index contributed by atoms with van der Waals surface area (Å²) in [4.78, 5) is 38.3. The highest BCUT2D eigenvalue weighted by Crippen LogP contribution is 2.36. The lowest BCUT2D eigenvalue weighted by Crippen LogP contribution is -2.54. The molecule has 26 heavy (non-hydrogen) atoms. The lowest BCUT2D eigenvalue weighted by Gasteiger charge is -2.42. The van der Waals surface area contributed by atoms with E-state index in [0.29, 0.717) is 18.6 Å². The fourth-order valence-corrected chi connectivity index (χ4v) is 4.24. The average Bonchev–Trinajstić information content (AvgIpc) is 2.58. The third kappa shape index (κ3) is 3.72. The van der Waals surface area contributed by atoms with Gasteiger partial charge >= 0.3 is 0 Å². The molecule has 1 saturated carbocycles. The minimum absolute atomic E-state index is 0.0161. The van der Waals surface area contributed by atoms with E-state index in [1.165, 1.54) is 15.5 Å². The summed E-state index contributed by atoms with van der Waals surface area (Å²) in [6.07, 6.45) is 5.72. The molecule has 3 rings (SSSR count). The van der Waals surface area contributed by atoms with Crippen LogP contribution in [-0.2, 0) is 16.6 Å². The highest BCUT2D eigenvalue weighted by Gasteiger charge is 2.44. The Morgan fingerprint density at radius 2 is 1.81 bits per heavy atom. The maximum Gasteiger partial charge on any atom is 0.254 e. The molecule has 1 saturated heterocycles. The molecule has 1 aliphatic heterocycles. The van der Waals surface area contributed by atoms with Crippen molar-refractivity contribution in [2.24, 2.45) is 12.5 Å². The van der Waals surface area contributed by atoms with E-state index < -0.39 is 5.41 Å². The van der Waals surface area contributed by atoms with Crippen molar-refractivity contribution in [3.8, 4) is 5.75 Å². The number of pyridine rings is 1. The third-order valence-electron chi connectivity index (χ3n) is 5.48. The van der Waals surface area contributed by atoms with Gasteiger partial charge in [0.15, 0.2) is 0 Å². The van der Waals surface area contributed by atoms with E-state index in [-0.39, 0.29) is 29.5 Å². The lowest BCUT2D eigenvalue weighted by molar-refractivity contribution is -0.160. The van der Waals surface area contributed by atoms with Gasteiger partial charge in [-0.1, -0.05) is 13.8 Å². The monoisotopic (exact) mass is 424 g/mol. The minimum atomic E-state index is -0.462. The molecular formula is C19H25BrN2O4. The zero-order chi connectivity index (χ0) is 19.1. The molecule has 6 nitrogen and oxygen atoms in total. The number of amides is 2. The Labute approximate surface area is 161 Å². The molecule has 0 atom stereocenters.